The van der Waals surface area contributed by atoms with E-state index in [1.165, 1.54) is 128 Å². The van der Waals surface area contributed by atoms with Crippen molar-refractivity contribution in [2.75, 3.05) is 93.9 Å². The van der Waals surface area contributed by atoms with Crippen molar-refractivity contribution < 1.29 is 28.7 Å². The van der Waals surface area contributed by atoms with E-state index in [0.717, 1.165) is 38.5 Å². The van der Waals surface area contributed by atoms with Gasteiger partial charge in [0.2, 0.25) is 23.6 Å². The monoisotopic (exact) mass is 965 g/mol. The van der Waals surface area contributed by atoms with Gasteiger partial charge in [0.05, 0.1) is 26.4 Å². The first-order valence-electron chi connectivity index (χ1n) is 28.4. The summed E-state index contributed by atoms with van der Waals surface area (Å²) >= 11 is 0. The maximum absolute atomic E-state index is 13.6. The predicted octanol–water partition coefficient (Wildman–Crippen LogP) is 11.0. The first-order chi connectivity index (χ1) is 32.8. The van der Waals surface area contributed by atoms with Crippen LogP contribution in [0.4, 0.5) is 0 Å². The van der Waals surface area contributed by atoms with Gasteiger partial charge in [-0.15, -0.1) is 0 Å². The molecule has 0 bridgehead atoms. The van der Waals surface area contributed by atoms with Gasteiger partial charge in [-0.05, 0) is 52.9 Å². The maximum Gasteiger partial charge on any atom is 0.243 e. The Kier molecular flexibility index (Phi) is 44.3. The summed E-state index contributed by atoms with van der Waals surface area (Å²) in [7, 11) is 7.97. The van der Waals surface area contributed by atoms with E-state index in [2.05, 4.69) is 34.3 Å². The summed E-state index contributed by atoms with van der Waals surface area (Å²) in [6, 6.07) is -1.08. The van der Waals surface area contributed by atoms with Crippen LogP contribution in [0.25, 0.3) is 0 Å². The maximum atomic E-state index is 13.6. The minimum atomic E-state index is -0.541. The molecule has 2 N–H and O–H groups in total. The van der Waals surface area contributed by atoms with Gasteiger partial charge in [0.1, 0.15) is 12.1 Å². The fourth-order valence-corrected chi connectivity index (χ4v) is 8.96. The number of ether oxygens (including phenoxy) is 2. The molecule has 68 heavy (non-hydrogen) atoms. The van der Waals surface area contributed by atoms with E-state index < -0.39 is 12.1 Å². The number of amides is 4. The lowest BCUT2D eigenvalue weighted by atomic mass is 10.00. The molecule has 2 atom stereocenters. The molecule has 0 aliphatic rings. The summed E-state index contributed by atoms with van der Waals surface area (Å²) in [6.07, 6.45) is 33.8. The zero-order valence-corrected chi connectivity index (χ0v) is 46.4. The van der Waals surface area contributed by atoms with Crippen LogP contribution in [0.1, 0.15) is 221 Å². The highest BCUT2D eigenvalue weighted by molar-refractivity contribution is 5.88. The van der Waals surface area contributed by atoms with Crippen molar-refractivity contribution in [3.8, 4) is 0 Å². The molecule has 2 unspecified atom stereocenters. The van der Waals surface area contributed by atoms with Crippen LogP contribution in [0.5, 0.6) is 0 Å². The lowest BCUT2D eigenvalue weighted by Gasteiger charge is -2.34. The Labute approximate surface area is 420 Å². The molecule has 0 saturated carbocycles. The van der Waals surface area contributed by atoms with Crippen molar-refractivity contribution >= 4 is 23.6 Å². The average Bonchev–Trinajstić information content (AvgIpc) is 3.29. The van der Waals surface area contributed by atoms with Crippen molar-refractivity contribution in [3.63, 3.8) is 0 Å². The van der Waals surface area contributed by atoms with Gasteiger partial charge in [-0.25, -0.2) is 0 Å². The van der Waals surface area contributed by atoms with Crippen molar-refractivity contribution in [2.45, 2.75) is 233 Å². The quantitative estimate of drug-likeness (QED) is 0.0578. The van der Waals surface area contributed by atoms with E-state index >= 15 is 0 Å². The average molecular weight is 966 g/mol. The van der Waals surface area contributed by atoms with Gasteiger partial charge in [0, 0.05) is 52.1 Å². The lowest BCUT2D eigenvalue weighted by molar-refractivity contribution is -0.142. The summed E-state index contributed by atoms with van der Waals surface area (Å²) in [5.74, 6) is -0.238. The highest BCUT2D eigenvalue weighted by Gasteiger charge is 2.33. The predicted molar refractivity (Wildman–Crippen MR) is 286 cm³/mol. The van der Waals surface area contributed by atoms with Gasteiger partial charge in [-0.1, -0.05) is 196 Å². The Morgan fingerprint density at radius 2 is 0.647 bits per heavy atom. The molecular formula is C56H112N6O6. The largest absolute Gasteiger partial charge is 0.377 e. The number of hydrogen-bond acceptors (Lipinski definition) is 8. The van der Waals surface area contributed by atoms with Crippen molar-refractivity contribution in [3.05, 3.63) is 0 Å². The van der Waals surface area contributed by atoms with Gasteiger partial charge in [0.15, 0.2) is 0 Å². The van der Waals surface area contributed by atoms with Crippen LogP contribution in [0.2, 0.25) is 0 Å². The van der Waals surface area contributed by atoms with Gasteiger partial charge in [-0.3, -0.25) is 19.2 Å². The lowest BCUT2D eigenvalue weighted by Crippen LogP contribution is -2.54. The molecular weight excluding hydrogens is 853 g/mol. The molecule has 4 amide bonds. The van der Waals surface area contributed by atoms with Crippen molar-refractivity contribution in [2.24, 2.45) is 11.8 Å². The molecule has 0 aromatic heterocycles. The number of rotatable bonds is 49. The van der Waals surface area contributed by atoms with E-state index in [0.29, 0.717) is 78.5 Å². The molecule has 0 radical (unpaired) electrons. The summed E-state index contributed by atoms with van der Waals surface area (Å²) in [5, 5.41) is 6.04. The second-order valence-corrected chi connectivity index (χ2v) is 21.0. The highest BCUT2D eigenvalue weighted by Crippen LogP contribution is 2.19. The Morgan fingerprint density at radius 1 is 0.382 bits per heavy atom. The van der Waals surface area contributed by atoms with E-state index in [-0.39, 0.29) is 35.5 Å². The second kappa shape index (κ2) is 45.8. The molecule has 0 aromatic carbocycles. The number of nitrogens with zero attached hydrogens (tertiary/aromatic N) is 4. The third kappa shape index (κ3) is 36.6. The SMILES string of the molecule is CCCCCCCCCCCCCCCC(=O)N(CCN(C)C)C(C(=O)NCCOCCOCCNC(=O)C(C(C)C)N(CCN(C)C)C(=O)CCCCCCCCCCCCCCC)C(C)C. The van der Waals surface area contributed by atoms with Crippen LogP contribution < -0.4 is 10.6 Å². The van der Waals surface area contributed by atoms with E-state index in [1.54, 1.807) is 9.80 Å². The van der Waals surface area contributed by atoms with E-state index in [9.17, 15) is 19.2 Å². The molecule has 12 heteroatoms. The summed E-state index contributed by atoms with van der Waals surface area (Å²) in [5.41, 5.74) is 0. The molecule has 0 aliphatic heterocycles. The number of hydrogen-bond donors (Lipinski definition) is 2. The number of likely N-dealkylation sites (N-methyl/N-ethyl adjacent to an activating group) is 2. The minimum absolute atomic E-state index is 0.0334. The van der Waals surface area contributed by atoms with E-state index in [4.69, 9.17) is 9.47 Å². The van der Waals surface area contributed by atoms with Crippen LogP contribution in [0.3, 0.4) is 0 Å². The fraction of sp³-hybridized carbons (Fsp3) is 0.929. The minimum Gasteiger partial charge on any atom is -0.377 e. The highest BCUT2D eigenvalue weighted by atomic mass is 16.5. The Balaban J connectivity index is 4.65. The van der Waals surface area contributed by atoms with Gasteiger partial charge < -0.3 is 39.7 Å². The smallest absolute Gasteiger partial charge is 0.243 e. The van der Waals surface area contributed by atoms with E-state index in [1.807, 2.05) is 55.9 Å². The molecule has 0 aromatic rings. The molecule has 0 heterocycles. The number of unbranched alkanes of at least 4 members (excludes halogenated alkanes) is 24. The topological polar surface area (TPSA) is 124 Å². The van der Waals surface area contributed by atoms with Gasteiger partial charge in [-0.2, -0.15) is 0 Å². The first kappa shape index (κ1) is 65.7. The number of carbonyl (C=O) groups excluding carboxylic acids is 4. The van der Waals surface area contributed by atoms with Gasteiger partial charge >= 0.3 is 0 Å². The van der Waals surface area contributed by atoms with Gasteiger partial charge in [0.25, 0.3) is 0 Å². The molecule has 0 rings (SSSR count). The normalized spacial score (nSPS) is 12.6. The zero-order valence-electron chi connectivity index (χ0n) is 46.4. The number of carbonyl (C=O) groups is 4. The Bertz CT molecular complexity index is 1110. The zero-order chi connectivity index (χ0) is 50.6. The first-order valence-corrected chi connectivity index (χ1v) is 28.4. The summed E-state index contributed by atoms with van der Waals surface area (Å²) in [4.78, 5) is 62.0. The molecule has 0 aliphatic carbocycles. The standard InChI is InChI=1S/C56H112N6O6/c1-11-13-15-17-19-21-23-25-27-29-31-33-35-37-51(63)61(43-41-59(7)8)53(49(3)4)55(65)57-39-45-67-47-48-68-46-40-58-56(66)54(50(5)6)62(44-42-60(9)10)52(64)38-36-34-32-30-28-26-24-22-20-18-16-14-12-2/h49-50,53-54H,11-48H2,1-10H3,(H,57,65)(H,58,66). The fourth-order valence-electron chi connectivity index (χ4n) is 8.96. The summed E-state index contributed by atoms with van der Waals surface area (Å²) < 4.78 is 11.5. The summed E-state index contributed by atoms with van der Waals surface area (Å²) in [6.45, 7) is 17.0. The van der Waals surface area contributed by atoms with Crippen LogP contribution in [0, 0.1) is 11.8 Å². The molecule has 0 saturated heterocycles. The Hall–Kier alpha value is -2.28. The Morgan fingerprint density at radius 3 is 0.897 bits per heavy atom. The number of nitrogens with one attached hydrogen (secondary N) is 2. The van der Waals surface area contributed by atoms with Crippen LogP contribution >= 0.6 is 0 Å². The molecule has 0 spiro atoms. The molecule has 12 nitrogen and oxygen atoms in total. The second-order valence-electron chi connectivity index (χ2n) is 21.0. The third-order valence-electron chi connectivity index (χ3n) is 13.1. The van der Waals surface area contributed by atoms with Crippen molar-refractivity contribution in [1.82, 2.24) is 30.2 Å². The third-order valence-corrected chi connectivity index (χ3v) is 13.1. The van der Waals surface area contributed by atoms with Crippen LogP contribution in [-0.2, 0) is 28.7 Å². The molecule has 402 valence electrons. The van der Waals surface area contributed by atoms with Crippen molar-refractivity contribution in [1.29, 1.82) is 0 Å². The molecule has 0 fully saturated rings. The van der Waals surface area contributed by atoms with Crippen LogP contribution in [0.15, 0.2) is 0 Å². The van der Waals surface area contributed by atoms with Crippen LogP contribution in [-0.4, -0.2) is 149 Å².